The highest BCUT2D eigenvalue weighted by molar-refractivity contribution is 7.84. The van der Waals surface area contributed by atoms with Gasteiger partial charge in [0.1, 0.15) is 0 Å². The predicted octanol–water partition coefficient (Wildman–Crippen LogP) is 1.93. The van der Waals surface area contributed by atoms with Crippen molar-refractivity contribution in [2.45, 2.75) is 6.42 Å². The lowest BCUT2D eigenvalue weighted by Gasteiger charge is -2.10. The maximum Gasteiger partial charge on any atom is 0.337 e. The number of carbonyl (C=O) groups is 2. The van der Waals surface area contributed by atoms with Gasteiger partial charge in [0.2, 0.25) is 0 Å². The molecule has 1 unspecified atom stereocenters. The van der Waals surface area contributed by atoms with Crippen molar-refractivity contribution in [3.8, 4) is 0 Å². The first-order valence-electron chi connectivity index (χ1n) is 5.78. The van der Waals surface area contributed by atoms with Crippen molar-refractivity contribution in [1.29, 1.82) is 0 Å². The molecule has 0 heterocycles. The molecule has 0 aliphatic rings. The number of nitrogens with one attached hydrogen (secondary N) is 2. The molecule has 0 fully saturated rings. The molecule has 2 amide bonds. The molecule has 0 aromatic heterocycles. The number of amides is 2. The van der Waals surface area contributed by atoms with Gasteiger partial charge in [-0.05, 0) is 24.6 Å². The van der Waals surface area contributed by atoms with E-state index in [9.17, 15) is 13.8 Å². The highest BCUT2D eigenvalue weighted by Gasteiger charge is 2.12. The summed E-state index contributed by atoms with van der Waals surface area (Å²) in [6, 6.07) is 3.66. The Labute approximate surface area is 124 Å². The summed E-state index contributed by atoms with van der Waals surface area (Å²) >= 11 is 5.71. The van der Waals surface area contributed by atoms with Crippen LogP contribution in [0.1, 0.15) is 16.8 Å². The van der Waals surface area contributed by atoms with Crippen LogP contribution in [0.5, 0.6) is 0 Å². The van der Waals surface area contributed by atoms with Crippen molar-refractivity contribution in [3.05, 3.63) is 28.8 Å². The molecule has 0 saturated carbocycles. The Morgan fingerprint density at radius 3 is 2.70 bits per heavy atom. The monoisotopic (exact) mass is 318 g/mol. The van der Waals surface area contributed by atoms with Gasteiger partial charge in [0.15, 0.2) is 0 Å². The van der Waals surface area contributed by atoms with E-state index in [2.05, 4.69) is 10.6 Å². The number of benzene rings is 1. The second kappa shape index (κ2) is 7.86. The summed E-state index contributed by atoms with van der Waals surface area (Å²) in [5.41, 5.74) is 0.0841. The van der Waals surface area contributed by atoms with Crippen molar-refractivity contribution in [2.75, 3.05) is 23.9 Å². The minimum Gasteiger partial charge on any atom is -0.478 e. The number of rotatable bonds is 6. The molecule has 0 aliphatic heterocycles. The van der Waals surface area contributed by atoms with Crippen LogP contribution in [0.15, 0.2) is 18.2 Å². The fraction of sp³-hybridized carbons (Fsp3) is 0.333. The molecule has 6 nitrogen and oxygen atoms in total. The smallest absolute Gasteiger partial charge is 0.337 e. The number of aromatic carboxylic acids is 1. The number of urea groups is 1. The second-order valence-corrected chi connectivity index (χ2v) is 6.00. The molecule has 1 atom stereocenters. The Kier molecular flexibility index (Phi) is 6.47. The lowest BCUT2D eigenvalue weighted by molar-refractivity contribution is 0.0698. The Bertz CT molecular complexity index is 536. The van der Waals surface area contributed by atoms with Gasteiger partial charge in [0.05, 0.1) is 11.3 Å². The molecular weight excluding hydrogens is 304 g/mol. The zero-order valence-corrected chi connectivity index (χ0v) is 12.4. The predicted molar refractivity (Wildman–Crippen MR) is 79.0 cm³/mol. The van der Waals surface area contributed by atoms with Gasteiger partial charge < -0.3 is 15.7 Å². The number of carboxylic acid groups (broad SMARTS) is 1. The fourth-order valence-corrected chi connectivity index (χ4v) is 2.17. The van der Waals surface area contributed by atoms with Crippen molar-refractivity contribution < 1.29 is 18.9 Å². The SMILES string of the molecule is CS(=O)CCCNC(=O)Nc1ccc(Cl)cc1C(=O)O. The molecule has 1 rings (SSSR count). The summed E-state index contributed by atoms with van der Waals surface area (Å²) in [6.45, 7) is 0.363. The molecule has 0 radical (unpaired) electrons. The lowest BCUT2D eigenvalue weighted by atomic mass is 10.2. The first kappa shape index (κ1) is 16.5. The van der Waals surface area contributed by atoms with Crippen LogP contribution >= 0.6 is 11.6 Å². The normalized spacial score (nSPS) is 11.7. The topological polar surface area (TPSA) is 95.5 Å². The summed E-state index contributed by atoms with van der Waals surface area (Å²) in [5, 5.41) is 14.3. The minimum absolute atomic E-state index is 0.0812. The maximum atomic E-state index is 11.6. The molecule has 0 saturated heterocycles. The van der Waals surface area contributed by atoms with Gasteiger partial charge in [0, 0.05) is 34.4 Å². The first-order chi connectivity index (χ1) is 9.40. The molecule has 0 spiro atoms. The van der Waals surface area contributed by atoms with E-state index < -0.39 is 22.8 Å². The van der Waals surface area contributed by atoms with E-state index in [1.807, 2.05) is 0 Å². The van der Waals surface area contributed by atoms with E-state index in [-0.39, 0.29) is 16.3 Å². The zero-order chi connectivity index (χ0) is 15.1. The number of hydrogen-bond donors (Lipinski definition) is 3. The molecule has 1 aromatic rings. The third-order valence-corrected chi connectivity index (χ3v) is 3.45. The van der Waals surface area contributed by atoms with Crippen LogP contribution in [0.25, 0.3) is 0 Å². The highest BCUT2D eigenvalue weighted by Crippen LogP contribution is 2.20. The van der Waals surface area contributed by atoms with E-state index in [0.29, 0.717) is 18.7 Å². The van der Waals surface area contributed by atoms with Crippen LogP contribution in [0.2, 0.25) is 5.02 Å². The number of carboxylic acids is 1. The number of anilines is 1. The fourth-order valence-electron chi connectivity index (χ4n) is 1.45. The Morgan fingerprint density at radius 1 is 1.40 bits per heavy atom. The maximum absolute atomic E-state index is 11.6. The van der Waals surface area contributed by atoms with Gasteiger partial charge in [-0.3, -0.25) is 4.21 Å². The van der Waals surface area contributed by atoms with Crippen LogP contribution in [-0.2, 0) is 10.8 Å². The first-order valence-corrected chi connectivity index (χ1v) is 7.88. The minimum atomic E-state index is -1.18. The van der Waals surface area contributed by atoms with Gasteiger partial charge in [0.25, 0.3) is 0 Å². The Hall–Kier alpha value is -1.60. The molecule has 1 aromatic carbocycles. The summed E-state index contributed by atoms with van der Waals surface area (Å²) in [6.07, 6.45) is 2.18. The Morgan fingerprint density at radius 2 is 2.10 bits per heavy atom. The molecule has 3 N–H and O–H groups in total. The van der Waals surface area contributed by atoms with E-state index in [1.54, 1.807) is 6.26 Å². The molecule has 8 heteroatoms. The summed E-state index contributed by atoms with van der Waals surface area (Å²) in [7, 11) is -0.895. The zero-order valence-electron chi connectivity index (χ0n) is 10.8. The van der Waals surface area contributed by atoms with Crippen molar-refractivity contribution >= 4 is 40.1 Å². The number of halogens is 1. The van der Waals surface area contributed by atoms with Gasteiger partial charge in [-0.2, -0.15) is 0 Å². The summed E-state index contributed by atoms with van der Waals surface area (Å²) < 4.78 is 10.8. The third kappa shape index (κ3) is 5.58. The number of carbonyl (C=O) groups excluding carboxylic acids is 1. The average Bonchev–Trinajstić information content (AvgIpc) is 2.36. The third-order valence-electron chi connectivity index (χ3n) is 2.35. The number of hydrogen-bond acceptors (Lipinski definition) is 3. The van der Waals surface area contributed by atoms with Crippen LogP contribution in [0.4, 0.5) is 10.5 Å². The van der Waals surface area contributed by atoms with Crippen molar-refractivity contribution in [3.63, 3.8) is 0 Å². The average molecular weight is 319 g/mol. The van der Waals surface area contributed by atoms with E-state index >= 15 is 0 Å². The molecule has 20 heavy (non-hydrogen) atoms. The summed E-state index contributed by atoms with van der Waals surface area (Å²) in [4.78, 5) is 22.6. The highest BCUT2D eigenvalue weighted by atomic mass is 35.5. The van der Waals surface area contributed by atoms with E-state index in [1.165, 1.54) is 18.2 Å². The standard InChI is InChI=1S/C12H15ClN2O4S/c1-20(19)6-2-5-14-12(18)15-10-4-3-8(13)7-9(10)11(16)17/h3-4,7H,2,5-6H2,1H3,(H,16,17)(H2,14,15,18). The van der Waals surface area contributed by atoms with Gasteiger partial charge in [-0.1, -0.05) is 11.6 Å². The van der Waals surface area contributed by atoms with Gasteiger partial charge >= 0.3 is 12.0 Å². The van der Waals surface area contributed by atoms with Crippen LogP contribution in [-0.4, -0.2) is 39.9 Å². The van der Waals surface area contributed by atoms with Crippen LogP contribution in [0.3, 0.4) is 0 Å². The lowest BCUT2D eigenvalue weighted by Crippen LogP contribution is -2.30. The van der Waals surface area contributed by atoms with Crippen molar-refractivity contribution in [1.82, 2.24) is 5.32 Å². The summed E-state index contributed by atoms with van der Waals surface area (Å²) in [5.74, 6) is -0.675. The van der Waals surface area contributed by atoms with Crippen molar-refractivity contribution in [2.24, 2.45) is 0 Å². The van der Waals surface area contributed by atoms with Gasteiger partial charge in [-0.25, -0.2) is 9.59 Å². The largest absolute Gasteiger partial charge is 0.478 e. The van der Waals surface area contributed by atoms with Crippen LogP contribution in [0, 0.1) is 0 Å². The quantitative estimate of drug-likeness (QED) is 0.698. The molecule has 0 aliphatic carbocycles. The molecule has 0 bridgehead atoms. The molecule has 110 valence electrons. The molecular formula is C12H15ClN2O4S. The van der Waals surface area contributed by atoms with Crippen LogP contribution < -0.4 is 10.6 Å². The van der Waals surface area contributed by atoms with E-state index in [0.717, 1.165) is 0 Å². The Balaban J connectivity index is 2.57. The second-order valence-electron chi connectivity index (χ2n) is 4.01. The van der Waals surface area contributed by atoms with Gasteiger partial charge in [-0.15, -0.1) is 0 Å². The van der Waals surface area contributed by atoms with E-state index in [4.69, 9.17) is 16.7 Å².